The highest BCUT2D eigenvalue weighted by atomic mass is 35.5. The number of aromatic nitrogens is 1. The number of sulfonamides is 1. The van der Waals surface area contributed by atoms with E-state index in [0.29, 0.717) is 48.5 Å². The van der Waals surface area contributed by atoms with Gasteiger partial charge in [0.25, 0.3) is 5.91 Å². The number of halogens is 1. The number of para-hydroxylation sites is 1. The van der Waals surface area contributed by atoms with Crippen LogP contribution in [0.4, 0.5) is 5.13 Å². The monoisotopic (exact) mass is 580 g/mol. The number of fused-ring (bicyclic) bond motifs is 1. The lowest BCUT2D eigenvalue weighted by atomic mass is 10.0. The number of amides is 1. The molecule has 0 spiro atoms. The van der Waals surface area contributed by atoms with Crippen molar-refractivity contribution in [1.82, 2.24) is 14.2 Å². The molecule has 2 heterocycles. The summed E-state index contributed by atoms with van der Waals surface area (Å²) in [6.45, 7) is 10.3. The maximum atomic E-state index is 13.7. The SMILES string of the molecule is CCN(CC)CCN(C(=O)c1ccc(S(=O)(=O)N2CCC(C)CC2)cc1)c1nc2c(OC)cccc2s1.Cl. The Hall–Kier alpha value is -2.24. The number of hydrogen-bond acceptors (Lipinski definition) is 7. The molecule has 2 aromatic carbocycles. The number of carbonyl (C=O) groups is 1. The van der Waals surface area contributed by atoms with Crippen LogP contribution in [-0.2, 0) is 10.0 Å². The maximum Gasteiger partial charge on any atom is 0.260 e. The fourth-order valence-electron chi connectivity index (χ4n) is 4.56. The van der Waals surface area contributed by atoms with Crippen LogP contribution in [0.5, 0.6) is 5.75 Å². The van der Waals surface area contributed by atoms with Crippen molar-refractivity contribution in [3.63, 3.8) is 0 Å². The summed E-state index contributed by atoms with van der Waals surface area (Å²) in [5.74, 6) is 0.995. The highest BCUT2D eigenvalue weighted by Crippen LogP contribution is 2.34. The van der Waals surface area contributed by atoms with E-state index in [4.69, 9.17) is 9.72 Å². The van der Waals surface area contributed by atoms with E-state index in [1.165, 1.54) is 11.3 Å². The Labute approximate surface area is 236 Å². The molecule has 208 valence electrons. The van der Waals surface area contributed by atoms with Crippen LogP contribution in [0, 0.1) is 5.92 Å². The molecule has 38 heavy (non-hydrogen) atoms. The lowest BCUT2D eigenvalue weighted by molar-refractivity contribution is 0.0983. The molecule has 4 rings (SSSR count). The van der Waals surface area contributed by atoms with Crippen LogP contribution in [0.3, 0.4) is 0 Å². The van der Waals surface area contributed by atoms with E-state index in [-0.39, 0.29) is 23.2 Å². The van der Waals surface area contributed by atoms with E-state index in [9.17, 15) is 13.2 Å². The van der Waals surface area contributed by atoms with Crippen molar-refractivity contribution < 1.29 is 17.9 Å². The Kier molecular flexibility index (Phi) is 10.5. The first-order valence-corrected chi connectivity index (χ1v) is 15.1. The summed E-state index contributed by atoms with van der Waals surface area (Å²) in [5, 5.41) is 0.593. The lowest BCUT2D eigenvalue weighted by Crippen LogP contribution is -2.39. The van der Waals surface area contributed by atoms with Crippen molar-refractivity contribution >= 4 is 55.0 Å². The van der Waals surface area contributed by atoms with E-state index in [2.05, 4.69) is 25.7 Å². The zero-order chi connectivity index (χ0) is 26.6. The molecule has 0 saturated carbocycles. The van der Waals surface area contributed by atoms with E-state index in [1.807, 2.05) is 18.2 Å². The van der Waals surface area contributed by atoms with E-state index in [1.54, 1.807) is 40.6 Å². The number of likely N-dealkylation sites (N-methyl/N-ethyl adjacent to an activating group) is 1. The molecule has 0 atom stereocenters. The van der Waals surface area contributed by atoms with Gasteiger partial charge in [-0.05, 0) is 68.2 Å². The number of nitrogens with zero attached hydrogens (tertiary/aromatic N) is 4. The van der Waals surface area contributed by atoms with Gasteiger partial charge in [0.2, 0.25) is 10.0 Å². The summed E-state index contributed by atoms with van der Waals surface area (Å²) in [6.07, 6.45) is 1.73. The van der Waals surface area contributed by atoms with Crippen LogP contribution in [0.2, 0.25) is 0 Å². The number of ether oxygens (including phenoxy) is 1. The molecule has 1 aromatic heterocycles. The van der Waals surface area contributed by atoms with Gasteiger partial charge in [0.1, 0.15) is 11.3 Å². The van der Waals surface area contributed by atoms with Gasteiger partial charge in [-0.15, -0.1) is 12.4 Å². The molecule has 8 nitrogen and oxygen atoms in total. The van der Waals surface area contributed by atoms with Gasteiger partial charge in [0.15, 0.2) is 5.13 Å². The fraction of sp³-hybridized carbons (Fsp3) is 0.481. The van der Waals surface area contributed by atoms with Crippen molar-refractivity contribution in [2.45, 2.75) is 38.5 Å². The van der Waals surface area contributed by atoms with Crippen molar-refractivity contribution in [2.24, 2.45) is 5.92 Å². The Morgan fingerprint density at radius 2 is 1.74 bits per heavy atom. The van der Waals surface area contributed by atoms with Gasteiger partial charge in [-0.2, -0.15) is 4.31 Å². The zero-order valence-electron chi connectivity index (χ0n) is 22.4. The summed E-state index contributed by atoms with van der Waals surface area (Å²) < 4.78 is 34.2. The van der Waals surface area contributed by atoms with E-state index in [0.717, 1.165) is 36.1 Å². The highest BCUT2D eigenvalue weighted by molar-refractivity contribution is 7.89. The Balaban J connectivity index is 0.00000400. The van der Waals surface area contributed by atoms with Crippen LogP contribution >= 0.6 is 23.7 Å². The highest BCUT2D eigenvalue weighted by Gasteiger charge is 2.29. The smallest absolute Gasteiger partial charge is 0.260 e. The van der Waals surface area contributed by atoms with Gasteiger partial charge < -0.3 is 9.64 Å². The molecule has 1 aliphatic heterocycles. The minimum atomic E-state index is -3.58. The molecule has 1 saturated heterocycles. The molecule has 0 unspecified atom stereocenters. The molecule has 1 fully saturated rings. The van der Waals surface area contributed by atoms with Crippen LogP contribution < -0.4 is 9.64 Å². The normalized spacial score (nSPS) is 15.0. The first-order chi connectivity index (χ1) is 17.8. The first-order valence-electron chi connectivity index (χ1n) is 12.9. The molecule has 1 amide bonds. The average molecular weight is 581 g/mol. The largest absolute Gasteiger partial charge is 0.494 e. The Bertz CT molecular complexity index is 1320. The minimum Gasteiger partial charge on any atom is -0.494 e. The second kappa shape index (κ2) is 13.2. The van der Waals surface area contributed by atoms with Crippen molar-refractivity contribution in [3.05, 3.63) is 48.0 Å². The van der Waals surface area contributed by atoms with Gasteiger partial charge in [0.05, 0.1) is 16.7 Å². The number of anilines is 1. The molecular weight excluding hydrogens is 544 g/mol. The third-order valence-electron chi connectivity index (χ3n) is 7.08. The number of rotatable bonds is 10. The topological polar surface area (TPSA) is 83.1 Å². The van der Waals surface area contributed by atoms with Gasteiger partial charge in [0, 0.05) is 31.7 Å². The third kappa shape index (κ3) is 6.48. The van der Waals surface area contributed by atoms with Gasteiger partial charge in [-0.3, -0.25) is 9.69 Å². The molecule has 11 heteroatoms. The lowest BCUT2D eigenvalue weighted by Gasteiger charge is -2.29. The molecule has 0 aliphatic carbocycles. The molecule has 1 aliphatic rings. The van der Waals surface area contributed by atoms with Crippen molar-refractivity contribution in [1.29, 1.82) is 0 Å². The van der Waals surface area contributed by atoms with Crippen LogP contribution in [0.15, 0.2) is 47.4 Å². The summed E-state index contributed by atoms with van der Waals surface area (Å²) in [5.41, 5.74) is 1.15. The number of methoxy groups -OCH3 is 1. The molecule has 3 aromatic rings. The van der Waals surface area contributed by atoms with Crippen molar-refractivity contribution in [3.8, 4) is 5.75 Å². The predicted molar refractivity (Wildman–Crippen MR) is 156 cm³/mol. The van der Waals surface area contributed by atoms with Crippen LogP contribution in [0.25, 0.3) is 10.2 Å². The summed E-state index contributed by atoms with van der Waals surface area (Å²) in [4.78, 5) is 22.7. The third-order valence-corrected chi connectivity index (χ3v) is 10.0. The standard InChI is InChI=1S/C27H36N4O4S2.ClH/c1-5-29(6-2)18-19-31(27-28-25-23(35-4)8-7-9-24(25)36-27)26(32)21-10-12-22(13-11-21)37(33,34)30-16-14-20(3)15-17-30;/h7-13,20H,5-6,14-19H2,1-4H3;1H. The number of thiazole rings is 1. The summed E-state index contributed by atoms with van der Waals surface area (Å²) in [7, 11) is -1.97. The maximum absolute atomic E-state index is 13.7. The van der Waals surface area contributed by atoms with Gasteiger partial charge in [-0.25, -0.2) is 13.4 Å². The second-order valence-corrected chi connectivity index (χ2v) is 12.3. The number of hydrogen-bond donors (Lipinski definition) is 0. The predicted octanol–water partition coefficient (Wildman–Crippen LogP) is 5.14. The first kappa shape index (κ1) is 30.3. The summed E-state index contributed by atoms with van der Waals surface area (Å²) >= 11 is 1.44. The number of benzene rings is 2. The van der Waals surface area contributed by atoms with Gasteiger partial charge >= 0.3 is 0 Å². The van der Waals surface area contributed by atoms with Crippen molar-refractivity contribution in [2.75, 3.05) is 51.3 Å². The average Bonchev–Trinajstić information content (AvgIpc) is 3.35. The fourth-order valence-corrected chi connectivity index (χ4v) is 7.03. The number of piperidine rings is 1. The van der Waals surface area contributed by atoms with Crippen LogP contribution in [-0.4, -0.2) is 74.9 Å². The van der Waals surface area contributed by atoms with Gasteiger partial charge in [-0.1, -0.05) is 38.2 Å². The minimum absolute atomic E-state index is 0. The molecule has 0 bridgehead atoms. The number of carbonyl (C=O) groups excluding carboxylic acids is 1. The second-order valence-electron chi connectivity index (χ2n) is 9.40. The van der Waals surface area contributed by atoms with E-state index >= 15 is 0 Å². The molecular formula is C27H37ClN4O4S2. The Morgan fingerprint density at radius 1 is 1.08 bits per heavy atom. The molecule has 0 N–H and O–H groups in total. The summed E-state index contributed by atoms with van der Waals surface area (Å²) in [6, 6.07) is 12.0. The van der Waals surface area contributed by atoms with E-state index < -0.39 is 10.0 Å². The molecule has 0 radical (unpaired) electrons. The van der Waals surface area contributed by atoms with Crippen LogP contribution in [0.1, 0.15) is 44.0 Å². The Morgan fingerprint density at radius 3 is 2.34 bits per heavy atom. The quantitative estimate of drug-likeness (QED) is 0.330. The zero-order valence-corrected chi connectivity index (χ0v) is 24.9.